The Labute approximate surface area is 89.2 Å². The van der Waals surface area contributed by atoms with Crippen molar-refractivity contribution in [3.63, 3.8) is 0 Å². The van der Waals surface area contributed by atoms with Crippen LogP contribution in [-0.2, 0) is 19.0 Å². The molecule has 1 aliphatic rings. The van der Waals surface area contributed by atoms with Gasteiger partial charge in [-0.1, -0.05) is 5.92 Å². The zero-order valence-electron chi connectivity index (χ0n) is 9.07. The van der Waals surface area contributed by atoms with Gasteiger partial charge in [-0.2, -0.15) is 0 Å². The summed E-state index contributed by atoms with van der Waals surface area (Å²) in [4.78, 5) is 11.4. The second kappa shape index (κ2) is 5.54. The molecule has 15 heavy (non-hydrogen) atoms. The number of allylic oxidation sites excluding steroid dienone is 1. The van der Waals surface area contributed by atoms with Gasteiger partial charge in [-0.3, -0.25) is 0 Å². The molecule has 1 fully saturated rings. The molecule has 0 aromatic rings. The van der Waals surface area contributed by atoms with Gasteiger partial charge in [-0.15, -0.1) is 5.92 Å². The Morgan fingerprint density at radius 2 is 2.33 bits per heavy atom. The smallest absolute Gasteiger partial charge is 0.337 e. The van der Waals surface area contributed by atoms with Gasteiger partial charge in [-0.25, -0.2) is 4.79 Å². The Kier molecular flexibility index (Phi) is 4.35. The first kappa shape index (κ1) is 11.8. The molecule has 0 aromatic carbocycles. The van der Waals surface area contributed by atoms with Crippen LogP contribution in [0.1, 0.15) is 13.8 Å². The van der Waals surface area contributed by atoms with E-state index in [9.17, 15) is 4.79 Å². The van der Waals surface area contributed by atoms with Crippen molar-refractivity contribution in [3.05, 3.63) is 11.6 Å². The Morgan fingerprint density at radius 3 is 2.93 bits per heavy atom. The molecule has 1 heterocycles. The number of carbonyl (C=O) groups is 1. The van der Waals surface area contributed by atoms with E-state index in [0.29, 0.717) is 5.57 Å². The normalized spacial score (nSPS) is 27.4. The molecule has 0 saturated carbocycles. The molecular weight excluding hydrogens is 196 g/mol. The van der Waals surface area contributed by atoms with E-state index in [1.807, 2.05) is 0 Å². The molecule has 4 heteroatoms. The quantitative estimate of drug-likeness (QED) is 0.300. The van der Waals surface area contributed by atoms with Gasteiger partial charge in [0.25, 0.3) is 0 Å². The van der Waals surface area contributed by atoms with Gasteiger partial charge in [0.05, 0.1) is 5.57 Å². The van der Waals surface area contributed by atoms with Crippen LogP contribution in [0.25, 0.3) is 0 Å². The lowest BCUT2D eigenvalue weighted by Gasteiger charge is -2.13. The highest BCUT2D eigenvalue weighted by molar-refractivity contribution is 5.92. The summed E-state index contributed by atoms with van der Waals surface area (Å²) in [6.07, 6.45) is 0.849. The Morgan fingerprint density at radius 1 is 1.60 bits per heavy atom. The minimum absolute atomic E-state index is 0.128. The summed E-state index contributed by atoms with van der Waals surface area (Å²) < 4.78 is 15.2. The number of ether oxygens (including phenoxy) is 3. The SMILES string of the molecule is CC#C/C=C1/C(=O)O[C@@H](C)[C@@H]1OCOC. The van der Waals surface area contributed by atoms with E-state index in [-0.39, 0.29) is 18.9 Å². The van der Waals surface area contributed by atoms with Crippen LogP contribution in [0.3, 0.4) is 0 Å². The third-order valence-corrected chi connectivity index (χ3v) is 2.00. The molecule has 0 unspecified atom stereocenters. The molecule has 0 radical (unpaired) electrons. The number of cyclic esters (lactones) is 1. The number of hydrogen-bond acceptors (Lipinski definition) is 4. The van der Waals surface area contributed by atoms with Crippen LogP contribution in [0, 0.1) is 11.8 Å². The minimum atomic E-state index is -0.390. The molecule has 0 spiro atoms. The van der Waals surface area contributed by atoms with Crippen LogP contribution in [0.15, 0.2) is 11.6 Å². The fourth-order valence-electron chi connectivity index (χ4n) is 1.33. The van der Waals surface area contributed by atoms with Crippen molar-refractivity contribution in [1.82, 2.24) is 0 Å². The summed E-state index contributed by atoms with van der Waals surface area (Å²) in [6.45, 7) is 3.60. The number of hydrogen-bond donors (Lipinski definition) is 0. The van der Waals surface area contributed by atoms with E-state index in [4.69, 9.17) is 14.2 Å². The van der Waals surface area contributed by atoms with Crippen LogP contribution in [0.5, 0.6) is 0 Å². The van der Waals surface area contributed by atoms with Gasteiger partial charge in [0.1, 0.15) is 19.0 Å². The number of esters is 1. The second-order valence-corrected chi connectivity index (χ2v) is 3.10. The Bertz CT molecular complexity index is 321. The standard InChI is InChI=1S/C11H14O4/c1-4-5-6-9-10(14-7-13-3)8(2)15-11(9)12/h6,8,10H,7H2,1-3H3/b9-6+/t8-,10-/m0/s1. The Balaban J connectivity index is 2.78. The number of carbonyl (C=O) groups excluding carboxylic acids is 1. The minimum Gasteiger partial charge on any atom is -0.456 e. The highest BCUT2D eigenvalue weighted by atomic mass is 16.7. The zero-order valence-corrected chi connectivity index (χ0v) is 9.07. The van der Waals surface area contributed by atoms with Crippen molar-refractivity contribution in [2.45, 2.75) is 26.1 Å². The lowest BCUT2D eigenvalue weighted by atomic mass is 10.1. The molecule has 4 nitrogen and oxygen atoms in total. The van der Waals surface area contributed by atoms with Crippen molar-refractivity contribution in [2.24, 2.45) is 0 Å². The predicted octanol–water partition coefficient (Wildman–Crippen LogP) is 0.870. The molecule has 1 saturated heterocycles. The van der Waals surface area contributed by atoms with Gasteiger partial charge < -0.3 is 14.2 Å². The van der Waals surface area contributed by atoms with E-state index < -0.39 is 6.10 Å². The molecule has 1 rings (SSSR count). The van der Waals surface area contributed by atoms with Gasteiger partial charge in [-0.05, 0) is 13.8 Å². The lowest BCUT2D eigenvalue weighted by Crippen LogP contribution is -2.23. The van der Waals surface area contributed by atoms with E-state index in [1.165, 1.54) is 13.2 Å². The third kappa shape index (κ3) is 2.82. The number of methoxy groups -OCH3 is 1. The molecule has 0 aromatic heterocycles. The van der Waals surface area contributed by atoms with Crippen LogP contribution >= 0.6 is 0 Å². The summed E-state index contributed by atoms with van der Waals surface area (Å²) in [5.41, 5.74) is 0.453. The first-order valence-corrected chi connectivity index (χ1v) is 4.64. The van der Waals surface area contributed by atoms with Crippen molar-refractivity contribution in [1.29, 1.82) is 0 Å². The first-order chi connectivity index (χ1) is 7.20. The average Bonchev–Trinajstić information content (AvgIpc) is 2.47. The van der Waals surface area contributed by atoms with Gasteiger partial charge in [0.2, 0.25) is 0 Å². The van der Waals surface area contributed by atoms with E-state index in [1.54, 1.807) is 13.8 Å². The molecule has 0 bridgehead atoms. The largest absolute Gasteiger partial charge is 0.456 e. The predicted molar refractivity (Wildman–Crippen MR) is 53.8 cm³/mol. The van der Waals surface area contributed by atoms with E-state index in [0.717, 1.165) is 0 Å². The molecule has 1 aliphatic heterocycles. The summed E-state index contributed by atoms with van der Waals surface area (Å²) in [5, 5.41) is 0. The van der Waals surface area contributed by atoms with Crippen molar-refractivity contribution < 1.29 is 19.0 Å². The van der Waals surface area contributed by atoms with Crippen LogP contribution in [0.2, 0.25) is 0 Å². The topological polar surface area (TPSA) is 44.8 Å². The fraction of sp³-hybridized carbons (Fsp3) is 0.545. The van der Waals surface area contributed by atoms with Gasteiger partial charge >= 0.3 is 5.97 Å². The maximum Gasteiger partial charge on any atom is 0.337 e. The Hall–Kier alpha value is -1.31. The molecule has 0 N–H and O–H groups in total. The first-order valence-electron chi connectivity index (χ1n) is 4.64. The highest BCUT2D eigenvalue weighted by Crippen LogP contribution is 2.23. The third-order valence-electron chi connectivity index (χ3n) is 2.00. The number of rotatable bonds is 3. The molecule has 82 valence electrons. The molecule has 2 atom stereocenters. The van der Waals surface area contributed by atoms with Crippen molar-refractivity contribution >= 4 is 5.97 Å². The summed E-state index contributed by atoms with van der Waals surface area (Å²) in [7, 11) is 1.53. The van der Waals surface area contributed by atoms with Crippen molar-refractivity contribution in [2.75, 3.05) is 13.9 Å². The maximum atomic E-state index is 11.4. The van der Waals surface area contributed by atoms with Crippen LogP contribution in [-0.4, -0.2) is 32.1 Å². The van der Waals surface area contributed by atoms with E-state index in [2.05, 4.69) is 11.8 Å². The van der Waals surface area contributed by atoms with Crippen molar-refractivity contribution in [3.8, 4) is 11.8 Å². The summed E-state index contributed by atoms with van der Waals surface area (Å²) >= 11 is 0. The highest BCUT2D eigenvalue weighted by Gasteiger charge is 2.37. The summed E-state index contributed by atoms with van der Waals surface area (Å²) in [5.74, 6) is 5.03. The van der Waals surface area contributed by atoms with Gasteiger partial charge in [0.15, 0.2) is 0 Å². The van der Waals surface area contributed by atoms with Crippen LogP contribution < -0.4 is 0 Å². The van der Waals surface area contributed by atoms with Gasteiger partial charge in [0, 0.05) is 13.2 Å². The zero-order chi connectivity index (χ0) is 11.3. The summed E-state index contributed by atoms with van der Waals surface area (Å²) in [6, 6.07) is 0. The fourth-order valence-corrected chi connectivity index (χ4v) is 1.33. The van der Waals surface area contributed by atoms with Crippen LogP contribution in [0.4, 0.5) is 0 Å². The van der Waals surface area contributed by atoms with E-state index >= 15 is 0 Å². The average molecular weight is 210 g/mol. The lowest BCUT2D eigenvalue weighted by molar-refractivity contribution is -0.140. The maximum absolute atomic E-state index is 11.4. The molecular formula is C11H14O4. The molecule has 0 aliphatic carbocycles. The molecule has 0 amide bonds. The monoisotopic (exact) mass is 210 g/mol. The second-order valence-electron chi connectivity index (χ2n) is 3.10.